The average Bonchev–Trinajstić information content (AvgIpc) is 2.70. The highest BCUT2D eigenvalue weighted by Gasteiger charge is 2.29. The quantitative estimate of drug-likeness (QED) is 0.781. The monoisotopic (exact) mass is 379 g/mol. The molecule has 0 unspecified atom stereocenters. The highest BCUT2D eigenvalue weighted by Crippen LogP contribution is 2.23. The third-order valence-corrected chi connectivity index (χ3v) is 4.36. The molecule has 0 fully saturated rings. The fraction of sp³-hybridized carbons (Fsp3) is 0.238. The lowest BCUT2D eigenvalue weighted by Crippen LogP contribution is -2.33. The van der Waals surface area contributed by atoms with Crippen molar-refractivity contribution in [2.75, 3.05) is 5.32 Å². The van der Waals surface area contributed by atoms with Gasteiger partial charge in [0.2, 0.25) is 12.0 Å². The number of ether oxygens (including phenoxy) is 1. The molecular weight excluding hydrogens is 358 g/mol. The Labute approximate surface area is 162 Å². The molecule has 144 valence electrons. The van der Waals surface area contributed by atoms with E-state index < -0.39 is 18.0 Å². The lowest BCUT2D eigenvalue weighted by molar-refractivity contribution is -0.148. The van der Waals surface area contributed by atoms with Gasteiger partial charge in [0, 0.05) is 24.1 Å². The van der Waals surface area contributed by atoms with Gasteiger partial charge in [-0.05, 0) is 31.0 Å². The van der Waals surface area contributed by atoms with Crippen molar-refractivity contribution in [2.45, 2.75) is 32.8 Å². The minimum atomic E-state index is -1.14. The molecule has 0 bridgehead atoms. The number of rotatable bonds is 5. The molecule has 0 saturated carbocycles. The SMILES string of the molecule is Cc1ccc(C)c(NC(=O)[C@H](OC(=O)C2=NNC(=O)CC2)c2ccccc2)c1. The molecular formula is C21H21N3O4. The highest BCUT2D eigenvalue weighted by atomic mass is 16.5. The number of nitrogens with one attached hydrogen (secondary N) is 2. The lowest BCUT2D eigenvalue weighted by Gasteiger charge is -2.20. The van der Waals surface area contributed by atoms with E-state index in [4.69, 9.17) is 4.74 Å². The molecule has 28 heavy (non-hydrogen) atoms. The molecule has 3 rings (SSSR count). The Morgan fingerprint density at radius 2 is 1.86 bits per heavy atom. The van der Waals surface area contributed by atoms with Crippen LogP contribution in [0.3, 0.4) is 0 Å². The zero-order valence-electron chi connectivity index (χ0n) is 15.7. The van der Waals surface area contributed by atoms with Crippen molar-refractivity contribution in [1.29, 1.82) is 0 Å². The third-order valence-electron chi connectivity index (χ3n) is 4.36. The molecule has 0 aromatic heterocycles. The van der Waals surface area contributed by atoms with Crippen molar-refractivity contribution in [2.24, 2.45) is 5.10 Å². The summed E-state index contributed by atoms with van der Waals surface area (Å²) in [6.45, 7) is 3.82. The largest absolute Gasteiger partial charge is 0.443 e. The molecule has 0 saturated heterocycles. The molecule has 7 nitrogen and oxygen atoms in total. The van der Waals surface area contributed by atoms with Crippen molar-refractivity contribution >= 4 is 29.2 Å². The van der Waals surface area contributed by atoms with Gasteiger partial charge in [-0.1, -0.05) is 42.5 Å². The minimum absolute atomic E-state index is 0.0834. The van der Waals surface area contributed by atoms with E-state index in [1.165, 1.54) is 0 Å². The van der Waals surface area contributed by atoms with Crippen molar-refractivity contribution in [1.82, 2.24) is 5.43 Å². The number of hydrogen-bond donors (Lipinski definition) is 2. The second-order valence-electron chi connectivity index (χ2n) is 6.60. The second kappa shape index (κ2) is 8.47. The number of hydrogen-bond acceptors (Lipinski definition) is 5. The van der Waals surface area contributed by atoms with Crippen LogP contribution >= 0.6 is 0 Å². The first-order valence-corrected chi connectivity index (χ1v) is 8.93. The number of amides is 2. The van der Waals surface area contributed by atoms with E-state index in [0.29, 0.717) is 11.3 Å². The van der Waals surface area contributed by atoms with E-state index in [1.807, 2.05) is 38.1 Å². The molecule has 0 aliphatic carbocycles. The van der Waals surface area contributed by atoms with Gasteiger partial charge in [0.25, 0.3) is 5.91 Å². The summed E-state index contributed by atoms with van der Waals surface area (Å²) in [4.78, 5) is 36.6. The first kappa shape index (κ1) is 19.3. The van der Waals surface area contributed by atoms with Crippen LogP contribution in [0.5, 0.6) is 0 Å². The van der Waals surface area contributed by atoms with Gasteiger partial charge < -0.3 is 10.1 Å². The Balaban J connectivity index is 1.83. The first-order chi connectivity index (χ1) is 13.4. The Kier molecular flexibility index (Phi) is 5.84. The Hall–Kier alpha value is -3.48. The van der Waals surface area contributed by atoms with Crippen LogP contribution in [0.15, 0.2) is 53.6 Å². The number of nitrogens with zero attached hydrogens (tertiary/aromatic N) is 1. The first-order valence-electron chi connectivity index (χ1n) is 8.93. The molecule has 1 aliphatic heterocycles. The van der Waals surface area contributed by atoms with E-state index in [0.717, 1.165) is 11.1 Å². The number of esters is 1. The topological polar surface area (TPSA) is 96.9 Å². The molecule has 2 aromatic carbocycles. The smallest absolute Gasteiger partial charge is 0.355 e. The second-order valence-corrected chi connectivity index (χ2v) is 6.60. The van der Waals surface area contributed by atoms with Gasteiger partial charge >= 0.3 is 5.97 Å². The molecule has 2 N–H and O–H groups in total. The van der Waals surface area contributed by atoms with Crippen molar-refractivity contribution in [3.8, 4) is 0 Å². The van der Waals surface area contributed by atoms with E-state index in [2.05, 4.69) is 15.8 Å². The number of aryl methyl sites for hydroxylation is 2. The summed E-state index contributed by atoms with van der Waals surface area (Å²) in [5.74, 6) is -1.46. The van der Waals surface area contributed by atoms with Gasteiger partial charge in [-0.2, -0.15) is 5.10 Å². The van der Waals surface area contributed by atoms with E-state index >= 15 is 0 Å². The maximum Gasteiger partial charge on any atom is 0.355 e. The van der Waals surface area contributed by atoms with E-state index in [1.54, 1.807) is 24.3 Å². The van der Waals surface area contributed by atoms with Crippen LogP contribution in [0.25, 0.3) is 0 Å². The fourth-order valence-corrected chi connectivity index (χ4v) is 2.77. The maximum atomic E-state index is 12.9. The van der Waals surface area contributed by atoms with Crippen LogP contribution in [0.1, 0.15) is 35.6 Å². The van der Waals surface area contributed by atoms with Gasteiger partial charge in [0.15, 0.2) is 0 Å². The zero-order chi connectivity index (χ0) is 20.1. The van der Waals surface area contributed by atoms with Crippen LogP contribution in [-0.2, 0) is 19.1 Å². The summed E-state index contributed by atoms with van der Waals surface area (Å²) in [6, 6.07) is 14.5. The summed E-state index contributed by atoms with van der Waals surface area (Å²) in [5, 5.41) is 6.58. The number of benzene rings is 2. The molecule has 1 atom stereocenters. The maximum absolute atomic E-state index is 12.9. The Morgan fingerprint density at radius 3 is 2.54 bits per heavy atom. The van der Waals surface area contributed by atoms with Crippen LogP contribution in [0.2, 0.25) is 0 Å². The molecule has 0 spiro atoms. The Morgan fingerprint density at radius 1 is 1.11 bits per heavy atom. The van der Waals surface area contributed by atoms with E-state index in [9.17, 15) is 14.4 Å². The highest BCUT2D eigenvalue weighted by molar-refractivity contribution is 6.37. The zero-order valence-corrected chi connectivity index (χ0v) is 15.7. The predicted octanol–water partition coefficient (Wildman–Crippen LogP) is 2.79. The molecule has 1 aliphatic rings. The van der Waals surface area contributed by atoms with Crippen LogP contribution in [0, 0.1) is 13.8 Å². The summed E-state index contributed by atoms with van der Waals surface area (Å²) < 4.78 is 5.48. The summed E-state index contributed by atoms with van der Waals surface area (Å²) in [6.07, 6.45) is -0.822. The number of anilines is 1. The Bertz CT molecular complexity index is 938. The van der Waals surface area contributed by atoms with Crippen LogP contribution in [-0.4, -0.2) is 23.5 Å². The predicted molar refractivity (Wildman–Crippen MR) is 105 cm³/mol. The van der Waals surface area contributed by atoms with Gasteiger partial charge in [-0.25, -0.2) is 10.2 Å². The number of carbonyl (C=O) groups is 3. The molecule has 1 heterocycles. The van der Waals surface area contributed by atoms with Gasteiger partial charge in [0.1, 0.15) is 5.71 Å². The molecule has 7 heteroatoms. The summed E-state index contributed by atoms with van der Waals surface area (Å²) in [5.41, 5.74) is 5.44. The normalized spacial score (nSPS) is 14.5. The average molecular weight is 379 g/mol. The molecule has 0 radical (unpaired) electrons. The lowest BCUT2D eigenvalue weighted by atomic mass is 10.1. The minimum Gasteiger partial charge on any atom is -0.443 e. The summed E-state index contributed by atoms with van der Waals surface area (Å²) >= 11 is 0. The third kappa shape index (κ3) is 4.62. The summed E-state index contributed by atoms with van der Waals surface area (Å²) in [7, 11) is 0. The van der Waals surface area contributed by atoms with Gasteiger partial charge in [-0.15, -0.1) is 0 Å². The molecule has 2 amide bonds. The number of hydrazone groups is 1. The van der Waals surface area contributed by atoms with Crippen molar-refractivity contribution < 1.29 is 19.1 Å². The standard InChI is InChI=1S/C21H21N3O4/c1-13-8-9-14(2)17(12-13)22-20(26)19(15-6-4-3-5-7-15)28-21(27)16-10-11-18(25)24-23-16/h3-9,12,19H,10-11H2,1-2H3,(H,22,26)(H,24,25)/t19-/m1/s1. The van der Waals surface area contributed by atoms with Gasteiger partial charge in [-0.3, -0.25) is 9.59 Å². The van der Waals surface area contributed by atoms with E-state index in [-0.39, 0.29) is 24.5 Å². The van der Waals surface area contributed by atoms with Crippen LogP contribution < -0.4 is 10.7 Å². The van der Waals surface area contributed by atoms with Gasteiger partial charge in [0.05, 0.1) is 0 Å². The number of carbonyl (C=O) groups excluding carboxylic acids is 3. The van der Waals surface area contributed by atoms with Crippen LogP contribution in [0.4, 0.5) is 5.69 Å². The van der Waals surface area contributed by atoms with Crippen molar-refractivity contribution in [3.63, 3.8) is 0 Å². The molecule has 2 aromatic rings. The fourth-order valence-electron chi connectivity index (χ4n) is 2.77. The van der Waals surface area contributed by atoms with Crippen molar-refractivity contribution in [3.05, 3.63) is 65.2 Å².